The number of ether oxygens (including phenoxy) is 3. The van der Waals surface area contributed by atoms with E-state index in [1.807, 2.05) is 54.6 Å². The minimum absolute atomic E-state index is 0.222. The molecule has 0 radical (unpaired) electrons. The van der Waals surface area contributed by atoms with Crippen LogP contribution in [0.4, 0.5) is 10.6 Å². The number of rotatable bonds is 11. The Morgan fingerprint density at radius 3 is 2.44 bits per heavy atom. The molecule has 41 heavy (non-hydrogen) atoms. The predicted molar refractivity (Wildman–Crippen MR) is 155 cm³/mol. The summed E-state index contributed by atoms with van der Waals surface area (Å²) in [6.07, 6.45) is -0.474. The van der Waals surface area contributed by atoms with Crippen LogP contribution in [-0.2, 0) is 22.6 Å². The average molecular weight is 556 g/mol. The van der Waals surface area contributed by atoms with Crippen LogP contribution in [0.2, 0.25) is 0 Å². The molecule has 1 aromatic heterocycles. The summed E-state index contributed by atoms with van der Waals surface area (Å²) in [6.45, 7) is 5.37. The van der Waals surface area contributed by atoms with Gasteiger partial charge in [-0.15, -0.1) is 0 Å². The highest BCUT2D eigenvalue weighted by molar-refractivity contribution is 6.04. The van der Waals surface area contributed by atoms with E-state index in [1.54, 1.807) is 30.3 Å². The molecule has 212 valence electrons. The first kappa shape index (κ1) is 27.9. The fraction of sp³-hybridized carbons (Fsp3) is 0.258. The number of hydrogen-bond donors (Lipinski definition) is 3. The summed E-state index contributed by atoms with van der Waals surface area (Å²) in [5.74, 6) is 0.880. The molecule has 4 aromatic rings. The van der Waals surface area contributed by atoms with Gasteiger partial charge in [0.15, 0.2) is 5.82 Å². The maximum atomic E-state index is 12.7. The van der Waals surface area contributed by atoms with Crippen molar-refractivity contribution in [3.8, 4) is 17.0 Å². The van der Waals surface area contributed by atoms with Gasteiger partial charge in [0.25, 0.3) is 5.91 Å². The third-order valence-corrected chi connectivity index (χ3v) is 6.63. The van der Waals surface area contributed by atoms with Crippen molar-refractivity contribution in [1.29, 1.82) is 0 Å². The van der Waals surface area contributed by atoms with Crippen LogP contribution >= 0.6 is 0 Å². The van der Waals surface area contributed by atoms with E-state index < -0.39 is 6.09 Å². The lowest BCUT2D eigenvalue weighted by molar-refractivity contribution is 0.0322. The Morgan fingerprint density at radius 2 is 1.68 bits per heavy atom. The molecule has 1 saturated heterocycles. The predicted octanol–water partition coefficient (Wildman–Crippen LogP) is 4.47. The van der Waals surface area contributed by atoms with Gasteiger partial charge in [-0.3, -0.25) is 14.8 Å². The zero-order valence-electron chi connectivity index (χ0n) is 22.7. The number of anilines is 1. The average Bonchev–Trinajstić information content (AvgIpc) is 3.49. The topological polar surface area (TPSA) is 118 Å². The number of alkyl carbamates (subject to hydrolysis) is 1. The number of aromatic amines is 1. The Kier molecular flexibility index (Phi) is 9.59. The number of aromatic nitrogens is 2. The molecule has 0 atom stereocenters. The Hall–Kier alpha value is -4.67. The highest BCUT2D eigenvalue weighted by Gasteiger charge is 2.12. The fourth-order valence-corrected chi connectivity index (χ4v) is 4.29. The minimum Gasteiger partial charge on any atom is -0.492 e. The molecule has 0 bridgehead atoms. The van der Waals surface area contributed by atoms with Crippen molar-refractivity contribution in [2.75, 3.05) is 44.8 Å². The molecule has 0 unspecified atom stereocenters. The maximum Gasteiger partial charge on any atom is 0.407 e. The Morgan fingerprint density at radius 1 is 0.927 bits per heavy atom. The number of morpholine rings is 1. The molecule has 3 N–H and O–H groups in total. The van der Waals surface area contributed by atoms with Gasteiger partial charge in [-0.1, -0.05) is 54.6 Å². The quantitative estimate of drug-likeness (QED) is 0.250. The van der Waals surface area contributed by atoms with E-state index in [9.17, 15) is 9.59 Å². The van der Waals surface area contributed by atoms with Crippen LogP contribution in [0.1, 0.15) is 21.5 Å². The number of nitrogens with zero attached hydrogens (tertiary/aromatic N) is 2. The van der Waals surface area contributed by atoms with Gasteiger partial charge in [-0.2, -0.15) is 5.10 Å². The van der Waals surface area contributed by atoms with E-state index in [2.05, 4.69) is 25.7 Å². The summed E-state index contributed by atoms with van der Waals surface area (Å²) in [4.78, 5) is 27.0. The second kappa shape index (κ2) is 14.1. The second-order valence-electron chi connectivity index (χ2n) is 9.56. The molecule has 0 saturated carbocycles. The summed E-state index contributed by atoms with van der Waals surface area (Å²) in [5.41, 5.74) is 4.01. The first-order chi connectivity index (χ1) is 20.1. The molecule has 2 heterocycles. The third kappa shape index (κ3) is 8.41. The summed E-state index contributed by atoms with van der Waals surface area (Å²) in [5, 5.41) is 12.7. The molecule has 2 amide bonds. The summed E-state index contributed by atoms with van der Waals surface area (Å²) < 4.78 is 16.4. The molecular weight excluding hydrogens is 522 g/mol. The number of hydrogen-bond acceptors (Lipinski definition) is 7. The van der Waals surface area contributed by atoms with Crippen LogP contribution in [0.5, 0.6) is 5.75 Å². The SMILES string of the molecule is O=C(NCc1ccc(-c2cc(NC(=O)c3ccc(OCCN4CCOCC4)cc3)n[nH]2)cc1)OCc1ccccc1. The zero-order valence-corrected chi connectivity index (χ0v) is 22.7. The number of amides is 2. The minimum atomic E-state index is -0.474. The smallest absolute Gasteiger partial charge is 0.407 e. The van der Waals surface area contributed by atoms with Gasteiger partial charge in [-0.05, 0) is 41.0 Å². The highest BCUT2D eigenvalue weighted by Crippen LogP contribution is 2.21. The van der Waals surface area contributed by atoms with E-state index >= 15 is 0 Å². The number of nitrogens with one attached hydrogen (secondary N) is 3. The zero-order chi connectivity index (χ0) is 28.3. The van der Waals surface area contributed by atoms with E-state index in [4.69, 9.17) is 14.2 Å². The van der Waals surface area contributed by atoms with Crippen molar-refractivity contribution >= 4 is 17.8 Å². The second-order valence-corrected chi connectivity index (χ2v) is 9.56. The Bertz CT molecular complexity index is 1400. The van der Waals surface area contributed by atoms with Gasteiger partial charge in [0.1, 0.15) is 19.0 Å². The number of H-pyrrole nitrogens is 1. The van der Waals surface area contributed by atoms with Crippen molar-refractivity contribution in [3.63, 3.8) is 0 Å². The van der Waals surface area contributed by atoms with Crippen molar-refractivity contribution in [2.24, 2.45) is 0 Å². The number of carbonyl (C=O) groups excluding carboxylic acids is 2. The van der Waals surface area contributed by atoms with Crippen molar-refractivity contribution in [1.82, 2.24) is 20.4 Å². The van der Waals surface area contributed by atoms with E-state index in [1.165, 1.54) is 0 Å². The lowest BCUT2D eigenvalue weighted by Crippen LogP contribution is -2.38. The highest BCUT2D eigenvalue weighted by atomic mass is 16.5. The van der Waals surface area contributed by atoms with E-state index in [-0.39, 0.29) is 12.5 Å². The molecule has 3 aromatic carbocycles. The molecule has 10 heteroatoms. The molecule has 0 spiro atoms. The van der Waals surface area contributed by atoms with Crippen LogP contribution in [0.25, 0.3) is 11.3 Å². The van der Waals surface area contributed by atoms with Gasteiger partial charge in [0.05, 0.1) is 18.9 Å². The molecule has 0 aliphatic carbocycles. The molecule has 10 nitrogen and oxygen atoms in total. The number of benzene rings is 3. The first-order valence-electron chi connectivity index (χ1n) is 13.6. The van der Waals surface area contributed by atoms with Crippen LogP contribution < -0.4 is 15.4 Å². The normalized spacial score (nSPS) is 13.4. The summed E-state index contributed by atoms with van der Waals surface area (Å²) >= 11 is 0. The summed E-state index contributed by atoms with van der Waals surface area (Å²) in [7, 11) is 0. The largest absolute Gasteiger partial charge is 0.492 e. The van der Waals surface area contributed by atoms with Gasteiger partial charge < -0.3 is 24.8 Å². The lowest BCUT2D eigenvalue weighted by atomic mass is 10.1. The van der Waals surface area contributed by atoms with Crippen molar-refractivity contribution in [3.05, 3.63) is 102 Å². The molecule has 1 aliphatic rings. The van der Waals surface area contributed by atoms with Crippen LogP contribution in [0.3, 0.4) is 0 Å². The monoisotopic (exact) mass is 555 g/mol. The van der Waals surface area contributed by atoms with Gasteiger partial charge in [-0.25, -0.2) is 4.79 Å². The summed E-state index contributed by atoms with van der Waals surface area (Å²) in [6, 6.07) is 26.0. The van der Waals surface area contributed by atoms with E-state index in [0.29, 0.717) is 24.5 Å². The van der Waals surface area contributed by atoms with Gasteiger partial charge >= 0.3 is 6.09 Å². The molecular formula is C31H33N5O5. The standard InChI is InChI=1S/C31H33N5O5/c37-30(26-10-12-27(13-11-26)40-19-16-36-14-17-39-18-15-36)33-29-20-28(34-35-29)25-8-6-23(7-9-25)21-32-31(38)41-22-24-4-2-1-3-5-24/h1-13,20H,14-19,21-22H2,(H,32,38)(H2,33,34,35,37). The molecule has 5 rings (SSSR count). The van der Waals surface area contributed by atoms with Crippen molar-refractivity contribution in [2.45, 2.75) is 13.2 Å². The van der Waals surface area contributed by atoms with Crippen LogP contribution in [0, 0.1) is 0 Å². The number of carbonyl (C=O) groups is 2. The molecule has 1 fully saturated rings. The first-order valence-corrected chi connectivity index (χ1v) is 13.6. The fourth-order valence-electron chi connectivity index (χ4n) is 4.29. The third-order valence-electron chi connectivity index (χ3n) is 6.63. The van der Waals surface area contributed by atoms with Crippen molar-refractivity contribution < 1.29 is 23.8 Å². The lowest BCUT2D eigenvalue weighted by Gasteiger charge is -2.26. The van der Waals surface area contributed by atoms with Gasteiger partial charge in [0, 0.05) is 37.8 Å². The Labute approximate surface area is 238 Å². The maximum absolute atomic E-state index is 12.7. The Balaban J connectivity index is 1.06. The molecule has 1 aliphatic heterocycles. The van der Waals surface area contributed by atoms with E-state index in [0.717, 1.165) is 61.0 Å². The van der Waals surface area contributed by atoms with Crippen LogP contribution in [-0.4, -0.2) is 66.6 Å². The van der Waals surface area contributed by atoms with Crippen LogP contribution in [0.15, 0.2) is 84.9 Å². The van der Waals surface area contributed by atoms with Gasteiger partial charge in [0.2, 0.25) is 0 Å².